The molecule has 1 heterocycles. The van der Waals surface area contributed by atoms with Gasteiger partial charge in [0.25, 0.3) is 11.8 Å². The first-order chi connectivity index (χ1) is 13.6. The maximum atomic E-state index is 12.8. The molecular weight excluding hydrogens is 374 g/mol. The fourth-order valence-corrected chi connectivity index (χ4v) is 2.76. The Morgan fingerprint density at radius 3 is 2.14 bits per heavy atom. The van der Waals surface area contributed by atoms with Gasteiger partial charge in [0, 0.05) is 5.41 Å². The molecule has 0 N–H and O–H groups in total. The summed E-state index contributed by atoms with van der Waals surface area (Å²) >= 11 is 0. The van der Waals surface area contributed by atoms with Gasteiger partial charge >= 0.3 is 5.97 Å². The smallest absolute Gasteiger partial charge is 0.338 e. The predicted molar refractivity (Wildman–Crippen MR) is 105 cm³/mol. The minimum absolute atomic E-state index is 0.100. The average molecular weight is 395 g/mol. The van der Waals surface area contributed by atoms with Crippen molar-refractivity contribution in [2.45, 2.75) is 20.8 Å². The third-order valence-electron chi connectivity index (χ3n) is 4.62. The van der Waals surface area contributed by atoms with E-state index in [2.05, 4.69) is 0 Å². The van der Waals surface area contributed by atoms with Crippen LogP contribution in [0.15, 0.2) is 42.5 Å². The molecule has 0 aromatic heterocycles. The van der Waals surface area contributed by atoms with E-state index in [1.807, 2.05) is 0 Å². The Hall–Kier alpha value is -3.48. The molecule has 7 nitrogen and oxygen atoms in total. The average Bonchev–Trinajstić information content (AvgIpc) is 2.95. The summed E-state index contributed by atoms with van der Waals surface area (Å²) in [7, 11) is 1.52. The Morgan fingerprint density at radius 1 is 0.931 bits per heavy atom. The topological polar surface area (TPSA) is 90.0 Å². The Bertz CT molecular complexity index is 1000. The fraction of sp³-hybridized carbons (Fsp3) is 0.273. The van der Waals surface area contributed by atoms with Gasteiger partial charge in [-0.05, 0) is 42.5 Å². The molecule has 2 amide bonds. The van der Waals surface area contributed by atoms with E-state index in [1.165, 1.54) is 25.3 Å². The number of carbonyl (C=O) groups excluding carboxylic acids is 4. The summed E-state index contributed by atoms with van der Waals surface area (Å²) in [5, 5.41) is 0. The summed E-state index contributed by atoms with van der Waals surface area (Å²) in [5.74, 6) is -1.36. The van der Waals surface area contributed by atoms with Gasteiger partial charge in [-0.3, -0.25) is 14.4 Å². The van der Waals surface area contributed by atoms with Crippen LogP contribution in [0.4, 0.5) is 5.69 Å². The molecule has 0 bridgehead atoms. The van der Waals surface area contributed by atoms with Crippen molar-refractivity contribution < 1.29 is 28.7 Å². The van der Waals surface area contributed by atoms with Crippen LogP contribution in [0.2, 0.25) is 0 Å². The number of esters is 1. The van der Waals surface area contributed by atoms with Crippen molar-refractivity contribution in [3.05, 3.63) is 59.2 Å². The zero-order valence-electron chi connectivity index (χ0n) is 16.6. The highest BCUT2D eigenvalue weighted by Crippen LogP contribution is 2.30. The van der Waals surface area contributed by atoms with Crippen molar-refractivity contribution in [2.24, 2.45) is 5.41 Å². The Kier molecular flexibility index (Phi) is 5.24. The maximum absolute atomic E-state index is 12.8. The summed E-state index contributed by atoms with van der Waals surface area (Å²) in [5.41, 5.74) is 0.190. The standard InChI is InChI=1S/C22H21NO6/c1-22(2,3)18(24)12-29-21(27)13-5-10-16-17(11-13)20(26)23(19(16)25)14-6-8-15(28-4)9-7-14/h5-11H,12H2,1-4H3. The Morgan fingerprint density at radius 2 is 1.55 bits per heavy atom. The molecule has 0 atom stereocenters. The van der Waals surface area contributed by atoms with Crippen molar-refractivity contribution >= 4 is 29.3 Å². The lowest BCUT2D eigenvalue weighted by atomic mass is 9.91. The Balaban J connectivity index is 1.81. The van der Waals surface area contributed by atoms with Crippen LogP contribution in [-0.4, -0.2) is 37.3 Å². The van der Waals surface area contributed by atoms with Crippen LogP contribution in [0.1, 0.15) is 51.8 Å². The van der Waals surface area contributed by atoms with Gasteiger partial charge in [0.05, 0.1) is 29.5 Å². The minimum Gasteiger partial charge on any atom is -0.497 e. The van der Waals surface area contributed by atoms with Crippen LogP contribution in [0, 0.1) is 5.41 Å². The molecule has 0 spiro atoms. The van der Waals surface area contributed by atoms with E-state index in [9.17, 15) is 19.2 Å². The molecule has 0 fully saturated rings. The van der Waals surface area contributed by atoms with Crippen LogP contribution in [0.25, 0.3) is 0 Å². The number of hydrogen-bond donors (Lipinski definition) is 0. The number of methoxy groups -OCH3 is 1. The zero-order chi connectivity index (χ0) is 21.3. The molecule has 3 rings (SSSR count). The van der Waals surface area contributed by atoms with Crippen molar-refractivity contribution in [2.75, 3.05) is 18.6 Å². The van der Waals surface area contributed by atoms with Crippen LogP contribution < -0.4 is 9.64 Å². The molecule has 0 unspecified atom stereocenters. The number of benzene rings is 2. The number of nitrogens with zero attached hydrogens (tertiary/aromatic N) is 1. The van der Waals surface area contributed by atoms with Crippen molar-refractivity contribution in [1.29, 1.82) is 0 Å². The SMILES string of the molecule is COc1ccc(N2C(=O)c3ccc(C(=O)OCC(=O)C(C)(C)C)cc3C2=O)cc1. The first-order valence-electron chi connectivity index (χ1n) is 9.01. The number of Topliss-reactive ketones (excluding diaryl/α,β-unsaturated/α-hetero) is 1. The molecule has 1 aliphatic rings. The number of fused-ring (bicyclic) bond motifs is 1. The molecule has 1 aliphatic heterocycles. The van der Waals surface area contributed by atoms with E-state index in [1.54, 1.807) is 45.0 Å². The molecule has 29 heavy (non-hydrogen) atoms. The van der Waals surface area contributed by atoms with Gasteiger partial charge in [-0.25, -0.2) is 9.69 Å². The fourth-order valence-electron chi connectivity index (χ4n) is 2.76. The van der Waals surface area contributed by atoms with Crippen LogP contribution in [0.5, 0.6) is 5.75 Å². The van der Waals surface area contributed by atoms with E-state index in [-0.39, 0.29) is 29.1 Å². The molecule has 0 radical (unpaired) electrons. The molecule has 7 heteroatoms. The van der Waals surface area contributed by atoms with E-state index < -0.39 is 23.2 Å². The van der Waals surface area contributed by atoms with Crippen molar-refractivity contribution in [3.63, 3.8) is 0 Å². The van der Waals surface area contributed by atoms with Gasteiger partial charge in [-0.1, -0.05) is 20.8 Å². The molecule has 0 saturated carbocycles. The lowest BCUT2D eigenvalue weighted by molar-refractivity contribution is -0.129. The van der Waals surface area contributed by atoms with E-state index >= 15 is 0 Å². The monoisotopic (exact) mass is 395 g/mol. The van der Waals surface area contributed by atoms with Crippen LogP contribution >= 0.6 is 0 Å². The number of hydrogen-bond acceptors (Lipinski definition) is 6. The second-order valence-corrected chi connectivity index (χ2v) is 7.65. The third-order valence-corrected chi connectivity index (χ3v) is 4.62. The van der Waals surface area contributed by atoms with E-state index in [4.69, 9.17) is 9.47 Å². The number of carbonyl (C=O) groups is 4. The van der Waals surface area contributed by atoms with E-state index in [0.717, 1.165) is 4.90 Å². The summed E-state index contributed by atoms with van der Waals surface area (Å²) in [6.07, 6.45) is 0. The number of anilines is 1. The largest absolute Gasteiger partial charge is 0.497 e. The molecule has 0 aliphatic carbocycles. The molecule has 150 valence electrons. The van der Waals surface area contributed by atoms with E-state index in [0.29, 0.717) is 11.4 Å². The van der Waals surface area contributed by atoms with Crippen LogP contribution in [0.3, 0.4) is 0 Å². The predicted octanol–water partition coefficient (Wildman–Crippen LogP) is 3.27. The normalized spacial score (nSPS) is 13.3. The van der Waals surface area contributed by atoms with Crippen molar-refractivity contribution in [3.8, 4) is 5.75 Å². The van der Waals surface area contributed by atoms with Crippen molar-refractivity contribution in [1.82, 2.24) is 0 Å². The van der Waals surface area contributed by atoms with Gasteiger partial charge in [0.1, 0.15) is 5.75 Å². The highest BCUT2D eigenvalue weighted by molar-refractivity contribution is 6.34. The first-order valence-corrected chi connectivity index (χ1v) is 9.01. The molecule has 2 aromatic rings. The van der Waals surface area contributed by atoms with Gasteiger partial charge in [0.15, 0.2) is 12.4 Å². The highest BCUT2D eigenvalue weighted by atomic mass is 16.5. The Labute approximate surface area is 168 Å². The van der Waals surface area contributed by atoms with Gasteiger partial charge in [-0.2, -0.15) is 0 Å². The first kappa shape index (κ1) is 20.3. The molecular formula is C22H21NO6. The minimum atomic E-state index is -0.728. The summed E-state index contributed by atoms with van der Waals surface area (Å²) in [6, 6.07) is 10.7. The van der Waals surface area contributed by atoms with Gasteiger partial charge in [-0.15, -0.1) is 0 Å². The molecule has 0 saturated heterocycles. The maximum Gasteiger partial charge on any atom is 0.338 e. The number of imide groups is 1. The highest BCUT2D eigenvalue weighted by Gasteiger charge is 2.37. The lowest BCUT2D eigenvalue weighted by Crippen LogP contribution is -2.29. The second kappa shape index (κ2) is 7.50. The zero-order valence-corrected chi connectivity index (χ0v) is 16.6. The summed E-state index contributed by atoms with van der Waals surface area (Å²) in [4.78, 5) is 50.8. The van der Waals surface area contributed by atoms with Gasteiger partial charge < -0.3 is 9.47 Å². The third kappa shape index (κ3) is 3.89. The summed E-state index contributed by atoms with van der Waals surface area (Å²) in [6.45, 7) is 4.84. The molecule has 2 aromatic carbocycles. The van der Waals surface area contributed by atoms with Gasteiger partial charge in [0.2, 0.25) is 0 Å². The number of ketones is 1. The summed E-state index contributed by atoms with van der Waals surface area (Å²) < 4.78 is 10.1. The quantitative estimate of drug-likeness (QED) is 0.570. The number of amides is 2. The number of ether oxygens (including phenoxy) is 2. The number of rotatable bonds is 5. The lowest BCUT2D eigenvalue weighted by Gasteiger charge is -2.16. The second-order valence-electron chi connectivity index (χ2n) is 7.65. The van der Waals surface area contributed by atoms with Crippen LogP contribution in [-0.2, 0) is 9.53 Å².